The van der Waals surface area contributed by atoms with Crippen molar-refractivity contribution in [3.05, 3.63) is 0 Å². The molecule has 1 N–H and O–H groups in total. The minimum absolute atomic E-state index is 0.0493. The van der Waals surface area contributed by atoms with E-state index in [1.54, 1.807) is 16.7 Å². The quantitative estimate of drug-likeness (QED) is 0.675. The number of carbonyl (C=O) groups excluding carboxylic acids is 2. The molecule has 0 bridgehead atoms. The van der Waals surface area contributed by atoms with E-state index in [0.29, 0.717) is 24.8 Å². The minimum atomic E-state index is -0.0922. The van der Waals surface area contributed by atoms with Crippen molar-refractivity contribution >= 4 is 23.6 Å². The molecule has 0 aromatic heterocycles. The van der Waals surface area contributed by atoms with E-state index < -0.39 is 0 Å². The molecular formula is C11H20N2O3S. The van der Waals surface area contributed by atoms with Crippen molar-refractivity contribution in [2.75, 3.05) is 31.3 Å². The third kappa shape index (κ3) is 5.93. The summed E-state index contributed by atoms with van der Waals surface area (Å²) in [5.74, 6) is 1.08. The highest BCUT2D eigenvalue weighted by Gasteiger charge is 2.22. The van der Waals surface area contributed by atoms with Crippen LogP contribution in [0.15, 0.2) is 0 Å². The molecule has 0 aliphatic carbocycles. The number of nitrogens with one attached hydrogen (secondary N) is 1. The molecule has 0 aromatic rings. The maximum Gasteiger partial charge on any atom is 0.239 e. The molecule has 0 radical (unpaired) electrons. The van der Waals surface area contributed by atoms with Crippen molar-refractivity contribution in [1.29, 1.82) is 0 Å². The van der Waals surface area contributed by atoms with Gasteiger partial charge in [-0.25, -0.2) is 0 Å². The molecule has 0 saturated carbocycles. The second-order valence-corrected chi connectivity index (χ2v) is 5.15. The Morgan fingerprint density at radius 1 is 1.59 bits per heavy atom. The topological polar surface area (TPSA) is 58.6 Å². The van der Waals surface area contributed by atoms with Crippen molar-refractivity contribution in [1.82, 2.24) is 10.2 Å². The van der Waals surface area contributed by atoms with Gasteiger partial charge in [0.1, 0.15) is 6.54 Å². The SMILES string of the molecule is CC(C)OCCCNC(=O)CN1CSCC1=O. The van der Waals surface area contributed by atoms with Crippen LogP contribution in [0.5, 0.6) is 0 Å². The smallest absolute Gasteiger partial charge is 0.239 e. The summed E-state index contributed by atoms with van der Waals surface area (Å²) in [5, 5.41) is 2.78. The number of amides is 2. The standard InChI is InChI=1S/C11H20N2O3S/c1-9(2)16-5-3-4-12-10(14)6-13-8-17-7-11(13)15/h9H,3-8H2,1-2H3,(H,12,14). The second kappa shape index (κ2) is 7.55. The molecule has 0 aromatic carbocycles. The summed E-state index contributed by atoms with van der Waals surface area (Å²) in [6.45, 7) is 5.39. The highest BCUT2D eigenvalue weighted by atomic mass is 32.2. The number of hydrogen-bond donors (Lipinski definition) is 1. The third-order valence-corrected chi connectivity index (χ3v) is 3.20. The van der Waals surface area contributed by atoms with Crippen molar-refractivity contribution in [2.24, 2.45) is 0 Å². The fourth-order valence-corrected chi connectivity index (χ4v) is 2.29. The second-order valence-electron chi connectivity index (χ2n) is 4.19. The van der Waals surface area contributed by atoms with E-state index in [-0.39, 0.29) is 24.5 Å². The van der Waals surface area contributed by atoms with Gasteiger partial charge in [0.15, 0.2) is 0 Å². The number of nitrogens with zero attached hydrogens (tertiary/aromatic N) is 1. The average Bonchev–Trinajstić information content (AvgIpc) is 2.63. The van der Waals surface area contributed by atoms with E-state index in [4.69, 9.17) is 4.74 Å². The van der Waals surface area contributed by atoms with Crippen LogP contribution in [0.3, 0.4) is 0 Å². The molecule has 0 unspecified atom stereocenters. The number of rotatable bonds is 7. The van der Waals surface area contributed by atoms with Crippen LogP contribution in [0.2, 0.25) is 0 Å². The molecule has 0 atom stereocenters. The van der Waals surface area contributed by atoms with Crippen LogP contribution in [0, 0.1) is 0 Å². The van der Waals surface area contributed by atoms with Crippen LogP contribution in [-0.4, -0.2) is 54.1 Å². The van der Waals surface area contributed by atoms with Gasteiger partial charge >= 0.3 is 0 Å². The van der Waals surface area contributed by atoms with Gasteiger partial charge < -0.3 is 15.0 Å². The average molecular weight is 260 g/mol. The zero-order valence-electron chi connectivity index (χ0n) is 10.4. The molecule has 6 heteroatoms. The molecule has 98 valence electrons. The summed E-state index contributed by atoms with van der Waals surface area (Å²) in [4.78, 5) is 24.3. The van der Waals surface area contributed by atoms with E-state index in [1.807, 2.05) is 13.8 Å². The largest absolute Gasteiger partial charge is 0.379 e. The summed E-state index contributed by atoms with van der Waals surface area (Å²) in [7, 11) is 0. The Bertz CT molecular complexity index is 271. The summed E-state index contributed by atoms with van der Waals surface area (Å²) in [6, 6.07) is 0. The lowest BCUT2D eigenvalue weighted by molar-refractivity contribution is -0.132. The normalized spacial score (nSPS) is 15.7. The van der Waals surface area contributed by atoms with E-state index in [2.05, 4.69) is 5.32 Å². The zero-order valence-corrected chi connectivity index (χ0v) is 11.2. The molecule has 1 aliphatic rings. The molecule has 5 nitrogen and oxygen atoms in total. The molecule has 1 saturated heterocycles. The highest BCUT2D eigenvalue weighted by molar-refractivity contribution is 8.00. The molecule has 17 heavy (non-hydrogen) atoms. The predicted octanol–water partition coefficient (Wildman–Crippen LogP) is 0.451. The summed E-state index contributed by atoms with van der Waals surface area (Å²) in [5.41, 5.74) is 0. The summed E-state index contributed by atoms with van der Waals surface area (Å²) >= 11 is 1.54. The van der Waals surface area contributed by atoms with Crippen LogP contribution < -0.4 is 5.32 Å². The Morgan fingerprint density at radius 2 is 2.35 bits per heavy atom. The maximum atomic E-state index is 11.5. The van der Waals surface area contributed by atoms with E-state index in [1.165, 1.54) is 0 Å². The van der Waals surface area contributed by atoms with Crippen molar-refractivity contribution in [2.45, 2.75) is 26.4 Å². The lowest BCUT2D eigenvalue weighted by atomic mass is 10.4. The van der Waals surface area contributed by atoms with E-state index in [9.17, 15) is 9.59 Å². The first kappa shape index (κ1) is 14.3. The molecule has 0 spiro atoms. The third-order valence-electron chi connectivity index (χ3n) is 2.25. The summed E-state index contributed by atoms with van der Waals surface area (Å²) in [6.07, 6.45) is 1.03. The maximum absolute atomic E-state index is 11.5. The van der Waals surface area contributed by atoms with Crippen LogP contribution in [-0.2, 0) is 14.3 Å². The molecular weight excluding hydrogens is 240 g/mol. The van der Waals surface area contributed by atoms with Gasteiger partial charge in [-0.15, -0.1) is 11.8 Å². The number of hydrogen-bond acceptors (Lipinski definition) is 4. The van der Waals surface area contributed by atoms with Gasteiger partial charge in [0, 0.05) is 13.2 Å². The molecule has 1 rings (SSSR count). The Morgan fingerprint density at radius 3 is 2.94 bits per heavy atom. The van der Waals surface area contributed by atoms with Gasteiger partial charge in [-0.3, -0.25) is 9.59 Å². The number of thioether (sulfide) groups is 1. The number of ether oxygens (including phenoxy) is 1. The Balaban J connectivity index is 2.03. The first-order chi connectivity index (χ1) is 8.09. The zero-order chi connectivity index (χ0) is 12.7. The minimum Gasteiger partial charge on any atom is -0.379 e. The summed E-state index contributed by atoms with van der Waals surface area (Å²) < 4.78 is 5.35. The monoisotopic (exact) mass is 260 g/mol. The molecule has 1 heterocycles. The van der Waals surface area contributed by atoms with Gasteiger partial charge in [-0.2, -0.15) is 0 Å². The predicted molar refractivity (Wildman–Crippen MR) is 67.8 cm³/mol. The van der Waals surface area contributed by atoms with E-state index in [0.717, 1.165) is 6.42 Å². The fourth-order valence-electron chi connectivity index (χ4n) is 1.39. The molecule has 2 amide bonds. The van der Waals surface area contributed by atoms with E-state index >= 15 is 0 Å². The van der Waals surface area contributed by atoms with Crippen molar-refractivity contribution in [3.8, 4) is 0 Å². The van der Waals surface area contributed by atoms with Crippen molar-refractivity contribution in [3.63, 3.8) is 0 Å². The van der Waals surface area contributed by atoms with Crippen LogP contribution >= 0.6 is 11.8 Å². The van der Waals surface area contributed by atoms with Crippen LogP contribution in [0.25, 0.3) is 0 Å². The van der Waals surface area contributed by atoms with Crippen molar-refractivity contribution < 1.29 is 14.3 Å². The fraction of sp³-hybridized carbons (Fsp3) is 0.818. The van der Waals surface area contributed by atoms with Gasteiger partial charge in [0.25, 0.3) is 0 Å². The van der Waals surface area contributed by atoms with Gasteiger partial charge in [-0.05, 0) is 20.3 Å². The lowest BCUT2D eigenvalue weighted by Gasteiger charge is -2.14. The van der Waals surface area contributed by atoms with Crippen LogP contribution in [0.4, 0.5) is 0 Å². The molecule has 1 aliphatic heterocycles. The number of carbonyl (C=O) groups is 2. The Kier molecular flexibility index (Phi) is 6.36. The van der Waals surface area contributed by atoms with Crippen LogP contribution in [0.1, 0.15) is 20.3 Å². The molecule has 1 fully saturated rings. The lowest BCUT2D eigenvalue weighted by Crippen LogP contribution is -2.38. The first-order valence-electron chi connectivity index (χ1n) is 5.83. The first-order valence-corrected chi connectivity index (χ1v) is 6.99. The van der Waals surface area contributed by atoms with Gasteiger partial charge in [0.2, 0.25) is 11.8 Å². The highest BCUT2D eigenvalue weighted by Crippen LogP contribution is 2.13. The Labute approximate surface area is 106 Å². The van der Waals surface area contributed by atoms with Gasteiger partial charge in [-0.1, -0.05) is 0 Å². The van der Waals surface area contributed by atoms with Gasteiger partial charge in [0.05, 0.1) is 17.7 Å². The Hall–Kier alpha value is -0.750.